The second-order valence-corrected chi connectivity index (χ2v) is 12.5. The first-order chi connectivity index (χ1) is 18.8. The third-order valence-corrected chi connectivity index (χ3v) is 8.42. The predicted octanol–water partition coefficient (Wildman–Crippen LogP) is 12.2. The van der Waals surface area contributed by atoms with Crippen LogP contribution in [0.2, 0.25) is 0 Å². The van der Waals surface area contributed by atoms with Crippen molar-refractivity contribution in [2.24, 2.45) is 0 Å². The Morgan fingerprint density at radius 1 is 0.316 bits per heavy atom. The Kier molecular flexibility index (Phi) is 34.4. The van der Waals surface area contributed by atoms with E-state index in [9.17, 15) is 0 Å². The Bertz CT molecular complexity index is 440. The number of hydrogen-bond acceptors (Lipinski definition) is 1. The van der Waals surface area contributed by atoms with Crippen molar-refractivity contribution in [2.75, 3.05) is 13.1 Å². The molecule has 0 radical (unpaired) electrons. The molecule has 0 aliphatic carbocycles. The fraction of sp³-hybridized carbons (Fsp3) is 0.971. The lowest BCUT2D eigenvalue weighted by Crippen LogP contribution is -2.36. The summed E-state index contributed by atoms with van der Waals surface area (Å²) in [5.41, 5.74) is 0. The second kappa shape index (κ2) is 34.7. The van der Waals surface area contributed by atoms with Gasteiger partial charge in [0.15, 0.2) is 5.11 Å². The lowest BCUT2D eigenvalue weighted by Gasteiger charge is -2.10. The van der Waals surface area contributed by atoms with E-state index in [2.05, 4.69) is 24.5 Å². The third-order valence-electron chi connectivity index (χ3n) is 8.13. The highest BCUT2D eigenvalue weighted by Gasteiger charge is 1.98. The summed E-state index contributed by atoms with van der Waals surface area (Å²) in [5, 5.41) is 7.66. The molecule has 0 amide bonds. The molecule has 0 atom stereocenters. The van der Waals surface area contributed by atoms with Gasteiger partial charge in [0, 0.05) is 13.1 Å². The topological polar surface area (TPSA) is 24.1 Å². The fourth-order valence-corrected chi connectivity index (χ4v) is 5.66. The lowest BCUT2D eigenvalue weighted by atomic mass is 10.0. The number of unbranched alkanes of at least 4 members (excludes halogenated alkanes) is 28. The van der Waals surface area contributed by atoms with Crippen LogP contribution in [0.1, 0.15) is 206 Å². The van der Waals surface area contributed by atoms with Crippen molar-refractivity contribution >= 4 is 17.3 Å². The van der Waals surface area contributed by atoms with E-state index in [0.717, 1.165) is 18.2 Å². The van der Waals surface area contributed by atoms with Gasteiger partial charge in [0.1, 0.15) is 0 Å². The molecule has 0 aliphatic rings. The zero-order valence-electron chi connectivity index (χ0n) is 26.5. The largest absolute Gasteiger partial charge is 0.363 e. The molecule has 0 aromatic rings. The highest BCUT2D eigenvalue weighted by atomic mass is 32.1. The predicted molar refractivity (Wildman–Crippen MR) is 178 cm³/mol. The van der Waals surface area contributed by atoms with Crippen molar-refractivity contribution in [3.05, 3.63) is 0 Å². The maximum absolute atomic E-state index is 5.44. The summed E-state index contributed by atoms with van der Waals surface area (Å²) in [7, 11) is 0. The summed E-state index contributed by atoms with van der Waals surface area (Å²) in [4.78, 5) is 0. The maximum atomic E-state index is 5.44. The normalized spacial score (nSPS) is 11.2. The third kappa shape index (κ3) is 33.7. The molecule has 0 spiro atoms. The molecule has 0 aromatic heterocycles. The summed E-state index contributed by atoms with van der Waals surface area (Å²) >= 11 is 5.44. The van der Waals surface area contributed by atoms with Crippen molar-refractivity contribution in [2.45, 2.75) is 206 Å². The maximum Gasteiger partial charge on any atom is 0.166 e. The first-order valence-corrected chi connectivity index (χ1v) is 18.2. The van der Waals surface area contributed by atoms with Gasteiger partial charge in [0.2, 0.25) is 0 Å². The molecule has 0 aromatic carbocycles. The monoisotopic (exact) mass is 553 g/mol. The average Bonchev–Trinajstić information content (AvgIpc) is 2.92. The van der Waals surface area contributed by atoms with Crippen molar-refractivity contribution in [1.29, 1.82) is 0 Å². The van der Waals surface area contributed by atoms with Crippen LogP contribution in [0.4, 0.5) is 0 Å². The van der Waals surface area contributed by atoms with E-state index in [1.807, 2.05) is 0 Å². The van der Waals surface area contributed by atoms with Gasteiger partial charge in [-0.05, 0) is 25.1 Å². The fourth-order valence-electron chi connectivity index (χ4n) is 5.46. The summed E-state index contributed by atoms with van der Waals surface area (Å²) in [6, 6.07) is 0. The molecule has 2 nitrogen and oxygen atoms in total. The highest BCUT2D eigenvalue weighted by Crippen LogP contribution is 2.14. The van der Waals surface area contributed by atoms with Crippen LogP contribution in [-0.2, 0) is 0 Å². The number of rotatable bonds is 32. The lowest BCUT2D eigenvalue weighted by molar-refractivity contribution is 0.528. The number of hydrogen-bond donors (Lipinski definition) is 2. The summed E-state index contributed by atoms with van der Waals surface area (Å²) < 4.78 is 0. The molecule has 38 heavy (non-hydrogen) atoms. The molecule has 0 rings (SSSR count). The highest BCUT2D eigenvalue weighted by molar-refractivity contribution is 7.80. The van der Waals surface area contributed by atoms with Crippen LogP contribution in [0.15, 0.2) is 0 Å². The van der Waals surface area contributed by atoms with Crippen molar-refractivity contribution < 1.29 is 0 Å². The van der Waals surface area contributed by atoms with Crippen LogP contribution in [0, 0.1) is 0 Å². The molecule has 0 bridgehead atoms. The van der Waals surface area contributed by atoms with Gasteiger partial charge in [-0.25, -0.2) is 0 Å². The SMILES string of the molecule is CCCCCCCCCCCCCCCCCCNC(=S)NCCCCCCCCCCCCCCCC. The Morgan fingerprint density at radius 3 is 0.711 bits per heavy atom. The first-order valence-electron chi connectivity index (χ1n) is 17.8. The van der Waals surface area contributed by atoms with E-state index in [0.29, 0.717) is 0 Å². The Morgan fingerprint density at radius 2 is 0.500 bits per heavy atom. The standard InChI is InChI=1S/C35H72N2S/c1-3-5-7-9-11-13-15-17-19-20-22-24-26-28-30-32-34-37-35(38)36-33-31-29-27-25-23-21-18-16-14-12-10-8-6-4-2/h3-34H2,1-2H3,(H2,36,37,38). The molecule has 228 valence electrons. The van der Waals surface area contributed by atoms with Crippen molar-refractivity contribution in [1.82, 2.24) is 10.6 Å². The van der Waals surface area contributed by atoms with Gasteiger partial charge in [-0.2, -0.15) is 0 Å². The minimum atomic E-state index is 0.862. The van der Waals surface area contributed by atoms with Gasteiger partial charge >= 0.3 is 0 Å². The van der Waals surface area contributed by atoms with Crippen LogP contribution >= 0.6 is 12.2 Å². The van der Waals surface area contributed by atoms with E-state index in [4.69, 9.17) is 12.2 Å². The molecule has 0 aliphatic heterocycles. The minimum Gasteiger partial charge on any atom is -0.363 e. The molecule has 3 heteroatoms. The van der Waals surface area contributed by atoms with E-state index >= 15 is 0 Å². The van der Waals surface area contributed by atoms with E-state index in [1.54, 1.807) is 0 Å². The summed E-state index contributed by atoms with van der Waals surface area (Å²) in [5.74, 6) is 0. The molecular formula is C35H72N2S. The van der Waals surface area contributed by atoms with Crippen LogP contribution in [0.25, 0.3) is 0 Å². The van der Waals surface area contributed by atoms with Crippen LogP contribution in [-0.4, -0.2) is 18.2 Å². The molecule has 0 unspecified atom stereocenters. The van der Waals surface area contributed by atoms with Gasteiger partial charge in [0.25, 0.3) is 0 Å². The van der Waals surface area contributed by atoms with Crippen molar-refractivity contribution in [3.8, 4) is 0 Å². The quantitative estimate of drug-likeness (QED) is 0.0641. The molecule has 0 fully saturated rings. The molecule has 0 heterocycles. The smallest absolute Gasteiger partial charge is 0.166 e. The zero-order chi connectivity index (χ0) is 27.6. The number of nitrogens with one attached hydrogen (secondary N) is 2. The first kappa shape index (κ1) is 37.7. The average molecular weight is 553 g/mol. The van der Waals surface area contributed by atoms with Gasteiger partial charge < -0.3 is 10.6 Å². The van der Waals surface area contributed by atoms with E-state index < -0.39 is 0 Å². The Hall–Kier alpha value is -0.310. The van der Waals surface area contributed by atoms with Crippen molar-refractivity contribution in [3.63, 3.8) is 0 Å². The van der Waals surface area contributed by atoms with Crippen LogP contribution < -0.4 is 10.6 Å². The molecule has 0 saturated carbocycles. The van der Waals surface area contributed by atoms with E-state index in [1.165, 1.54) is 193 Å². The van der Waals surface area contributed by atoms with Gasteiger partial charge in [-0.1, -0.05) is 194 Å². The van der Waals surface area contributed by atoms with Gasteiger partial charge in [-0.3, -0.25) is 0 Å². The summed E-state index contributed by atoms with van der Waals surface area (Å²) in [6.45, 7) is 6.66. The molecule has 0 saturated heterocycles. The Labute approximate surface area is 247 Å². The summed E-state index contributed by atoms with van der Waals surface area (Å²) in [6.07, 6.45) is 42.6. The Balaban J connectivity index is 3.14. The minimum absolute atomic E-state index is 0.862. The van der Waals surface area contributed by atoms with Gasteiger partial charge in [-0.15, -0.1) is 0 Å². The zero-order valence-corrected chi connectivity index (χ0v) is 27.4. The van der Waals surface area contributed by atoms with E-state index in [-0.39, 0.29) is 0 Å². The van der Waals surface area contributed by atoms with Crippen LogP contribution in [0.3, 0.4) is 0 Å². The molecule has 2 N–H and O–H groups in total. The van der Waals surface area contributed by atoms with Crippen LogP contribution in [0.5, 0.6) is 0 Å². The second-order valence-electron chi connectivity index (χ2n) is 12.1. The molecular weight excluding hydrogens is 480 g/mol. The number of thiocarbonyl (C=S) groups is 1. The van der Waals surface area contributed by atoms with Gasteiger partial charge in [0.05, 0.1) is 0 Å².